The molecular weight excluding hydrogens is 364 g/mol. The van der Waals surface area contributed by atoms with Crippen molar-refractivity contribution in [1.29, 1.82) is 0 Å². The van der Waals surface area contributed by atoms with E-state index in [-0.39, 0.29) is 30.9 Å². The third kappa shape index (κ3) is 4.61. The molecule has 0 aromatic heterocycles. The number of nitrogens with zero attached hydrogens (tertiary/aromatic N) is 2. The number of ether oxygens (including phenoxy) is 1. The fourth-order valence-electron chi connectivity index (χ4n) is 3.13. The minimum Gasteiger partial charge on any atom is -0.482 e. The Balaban J connectivity index is 1.58. The van der Waals surface area contributed by atoms with Crippen LogP contribution in [0.4, 0.5) is 5.69 Å². The smallest absolute Gasteiger partial charge is 0.265 e. The van der Waals surface area contributed by atoms with Crippen molar-refractivity contribution < 1.29 is 14.3 Å². The fraction of sp³-hybridized carbons (Fsp3) is 0.333. The van der Waals surface area contributed by atoms with Crippen molar-refractivity contribution in [2.24, 2.45) is 0 Å². The Morgan fingerprint density at radius 2 is 1.93 bits per heavy atom. The maximum atomic E-state index is 12.6. The number of amides is 2. The lowest BCUT2D eigenvalue weighted by Gasteiger charge is -2.30. The molecule has 1 aliphatic heterocycles. The van der Waals surface area contributed by atoms with Gasteiger partial charge in [-0.05, 0) is 43.2 Å². The summed E-state index contributed by atoms with van der Waals surface area (Å²) in [5, 5.41) is 0.700. The molecule has 1 atom stereocenters. The lowest BCUT2D eigenvalue weighted by molar-refractivity contribution is -0.131. The lowest BCUT2D eigenvalue weighted by atomic mass is 10.1. The first-order valence-electron chi connectivity index (χ1n) is 8.98. The number of benzene rings is 2. The standard InChI is InChI=1S/C21H23ClN2O3/c1-15(13-16-7-9-17(22)10-8-16)23(2)20(25)11-12-24-18-5-3-4-6-19(18)27-14-21(24)26/h3-10,15H,11-14H2,1-2H3. The van der Waals surface area contributed by atoms with Gasteiger partial charge < -0.3 is 14.5 Å². The molecule has 2 aromatic carbocycles. The topological polar surface area (TPSA) is 49.9 Å². The van der Waals surface area contributed by atoms with E-state index in [1.54, 1.807) is 16.8 Å². The number of hydrogen-bond donors (Lipinski definition) is 0. The minimum absolute atomic E-state index is 0.00763. The molecule has 6 heteroatoms. The summed E-state index contributed by atoms with van der Waals surface area (Å²) in [6, 6.07) is 15.1. The van der Waals surface area contributed by atoms with E-state index in [4.69, 9.17) is 16.3 Å². The van der Waals surface area contributed by atoms with Gasteiger partial charge in [-0.2, -0.15) is 0 Å². The van der Waals surface area contributed by atoms with Crippen molar-refractivity contribution in [2.75, 3.05) is 25.1 Å². The van der Waals surface area contributed by atoms with Crippen molar-refractivity contribution in [2.45, 2.75) is 25.8 Å². The van der Waals surface area contributed by atoms with E-state index < -0.39 is 0 Å². The Morgan fingerprint density at radius 1 is 1.22 bits per heavy atom. The number of fused-ring (bicyclic) bond motifs is 1. The molecule has 5 nitrogen and oxygen atoms in total. The van der Waals surface area contributed by atoms with E-state index in [9.17, 15) is 9.59 Å². The number of carbonyl (C=O) groups excluding carboxylic acids is 2. The van der Waals surface area contributed by atoms with Gasteiger partial charge in [-0.3, -0.25) is 9.59 Å². The van der Waals surface area contributed by atoms with Gasteiger partial charge in [-0.15, -0.1) is 0 Å². The maximum absolute atomic E-state index is 12.6. The predicted octanol–water partition coefficient (Wildman–Crippen LogP) is 3.55. The summed E-state index contributed by atoms with van der Waals surface area (Å²) in [5.74, 6) is 0.556. The van der Waals surface area contributed by atoms with Crippen LogP contribution in [0.25, 0.3) is 0 Å². The molecule has 0 saturated carbocycles. The molecule has 0 saturated heterocycles. The molecule has 0 bridgehead atoms. The van der Waals surface area contributed by atoms with Gasteiger partial charge in [-0.1, -0.05) is 35.9 Å². The Kier molecular flexibility index (Phi) is 6.01. The minimum atomic E-state index is -0.127. The number of carbonyl (C=O) groups is 2. The summed E-state index contributed by atoms with van der Waals surface area (Å²) in [6.07, 6.45) is 1.01. The second kappa shape index (κ2) is 8.44. The molecule has 1 unspecified atom stereocenters. The number of likely N-dealkylation sites (N-methyl/N-ethyl adjacent to an activating group) is 1. The molecular formula is C21H23ClN2O3. The van der Waals surface area contributed by atoms with E-state index in [1.807, 2.05) is 55.5 Å². The van der Waals surface area contributed by atoms with Crippen LogP contribution in [-0.4, -0.2) is 43.0 Å². The summed E-state index contributed by atoms with van der Waals surface area (Å²) >= 11 is 5.92. The van der Waals surface area contributed by atoms with Gasteiger partial charge in [0.1, 0.15) is 5.75 Å². The van der Waals surface area contributed by atoms with Gasteiger partial charge in [0, 0.05) is 31.1 Å². The Hall–Kier alpha value is -2.53. The van der Waals surface area contributed by atoms with E-state index >= 15 is 0 Å². The highest BCUT2D eigenvalue weighted by Gasteiger charge is 2.26. The molecule has 0 radical (unpaired) electrons. The number of anilines is 1. The first kappa shape index (κ1) is 19.2. The number of para-hydroxylation sites is 2. The van der Waals surface area contributed by atoms with Gasteiger partial charge in [-0.25, -0.2) is 0 Å². The highest BCUT2D eigenvalue weighted by molar-refractivity contribution is 6.30. The van der Waals surface area contributed by atoms with E-state index in [0.29, 0.717) is 17.3 Å². The molecule has 142 valence electrons. The molecule has 0 spiro atoms. The van der Waals surface area contributed by atoms with Crippen LogP contribution in [0.5, 0.6) is 5.75 Å². The molecule has 2 amide bonds. The Labute approximate surface area is 164 Å². The zero-order valence-electron chi connectivity index (χ0n) is 15.5. The van der Waals surface area contributed by atoms with Gasteiger partial charge >= 0.3 is 0 Å². The normalized spacial score (nSPS) is 14.3. The van der Waals surface area contributed by atoms with Crippen LogP contribution in [0.2, 0.25) is 5.02 Å². The van der Waals surface area contributed by atoms with Crippen molar-refractivity contribution in [3.05, 3.63) is 59.1 Å². The first-order valence-corrected chi connectivity index (χ1v) is 9.36. The van der Waals surface area contributed by atoms with Crippen molar-refractivity contribution in [3.8, 4) is 5.75 Å². The molecule has 3 rings (SSSR count). The maximum Gasteiger partial charge on any atom is 0.265 e. The largest absolute Gasteiger partial charge is 0.482 e. The summed E-state index contributed by atoms with van der Waals surface area (Å²) < 4.78 is 5.44. The predicted molar refractivity (Wildman–Crippen MR) is 106 cm³/mol. The average molecular weight is 387 g/mol. The number of hydrogen-bond acceptors (Lipinski definition) is 3. The highest BCUT2D eigenvalue weighted by atomic mass is 35.5. The first-order chi connectivity index (χ1) is 13.0. The molecule has 27 heavy (non-hydrogen) atoms. The van der Waals surface area contributed by atoms with Crippen LogP contribution in [0, 0.1) is 0 Å². The summed E-state index contributed by atoms with van der Waals surface area (Å²) in [7, 11) is 1.80. The van der Waals surface area contributed by atoms with Crippen molar-refractivity contribution in [3.63, 3.8) is 0 Å². The lowest BCUT2D eigenvalue weighted by Crippen LogP contribution is -2.42. The van der Waals surface area contributed by atoms with Crippen molar-refractivity contribution >= 4 is 29.1 Å². The van der Waals surface area contributed by atoms with Crippen LogP contribution in [0.1, 0.15) is 18.9 Å². The molecule has 0 aliphatic carbocycles. The third-order valence-electron chi connectivity index (χ3n) is 4.86. The fourth-order valence-corrected chi connectivity index (χ4v) is 3.25. The van der Waals surface area contributed by atoms with E-state index in [2.05, 4.69) is 0 Å². The molecule has 1 heterocycles. The number of halogens is 1. The second-order valence-electron chi connectivity index (χ2n) is 6.74. The second-order valence-corrected chi connectivity index (χ2v) is 7.17. The molecule has 0 fully saturated rings. The zero-order valence-corrected chi connectivity index (χ0v) is 16.3. The van der Waals surface area contributed by atoms with Crippen LogP contribution < -0.4 is 9.64 Å². The summed E-state index contributed by atoms with van der Waals surface area (Å²) in [6.45, 7) is 2.37. The average Bonchev–Trinajstić information content (AvgIpc) is 2.68. The van der Waals surface area contributed by atoms with E-state index in [1.165, 1.54) is 0 Å². The van der Waals surface area contributed by atoms with E-state index in [0.717, 1.165) is 17.7 Å². The molecule has 1 aliphatic rings. The highest BCUT2D eigenvalue weighted by Crippen LogP contribution is 2.31. The molecule has 2 aromatic rings. The van der Waals surface area contributed by atoms with Crippen LogP contribution >= 0.6 is 11.6 Å². The SMILES string of the molecule is CC(Cc1ccc(Cl)cc1)N(C)C(=O)CCN1C(=O)COc2ccccc21. The van der Waals surface area contributed by atoms with Gasteiger partial charge in [0.2, 0.25) is 5.91 Å². The van der Waals surface area contributed by atoms with Crippen LogP contribution in [-0.2, 0) is 16.0 Å². The third-order valence-corrected chi connectivity index (χ3v) is 5.11. The zero-order chi connectivity index (χ0) is 19.4. The quantitative estimate of drug-likeness (QED) is 0.762. The Bertz CT molecular complexity index is 822. The van der Waals surface area contributed by atoms with Crippen LogP contribution in [0.15, 0.2) is 48.5 Å². The van der Waals surface area contributed by atoms with Gasteiger partial charge in [0.05, 0.1) is 5.69 Å². The van der Waals surface area contributed by atoms with Crippen molar-refractivity contribution in [1.82, 2.24) is 4.90 Å². The van der Waals surface area contributed by atoms with Gasteiger partial charge in [0.15, 0.2) is 6.61 Å². The summed E-state index contributed by atoms with van der Waals surface area (Å²) in [4.78, 5) is 28.2. The Morgan fingerprint density at radius 3 is 2.67 bits per heavy atom. The number of rotatable bonds is 6. The molecule has 0 N–H and O–H groups in total. The van der Waals surface area contributed by atoms with Crippen LogP contribution in [0.3, 0.4) is 0 Å². The monoisotopic (exact) mass is 386 g/mol. The van der Waals surface area contributed by atoms with Gasteiger partial charge in [0.25, 0.3) is 5.91 Å². The summed E-state index contributed by atoms with van der Waals surface area (Å²) in [5.41, 5.74) is 1.85.